The number of nitrogens with zero attached hydrogens (tertiary/aromatic N) is 2. The van der Waals surface area contributed by atoms with E-state index in [0.717, 1.165) is 5.56 Å². The molecule has 0 bridgehead atoms. The van der Waals surface area contributed by atoms with Crippen molar-refractivity contribution >= 4 is 16.0 Å². The van der Waals surface area contributed by atoms with Crippen LogP contribution >= 0.6 is 0 Å². The minimum absolute atomic E-state index is 0.0818. The minimum Gasteiger partial charge on any atom is -0.481 e. The summed E-state index contributed by atoms with van der Waals surface area (Å²) in [4.78, 5) is 10.9. The Kier molecular flexibility index (Phi) is 6.10. The number of aliphatic carboxylic acids is 1. The fourth-order valence-electron chi connectivity index (χ4n) is 2.47. The lowest BCUT2D eigenvalue weighted by molar-refractivity contribution is -0.137. The Morgan fingerprint density at radius 3 is 2.62 bits per heavy atom. The maximum absolute atomic E-state index is 12.6. The van der Waals surface area contributed by atoms with Gasteiger partial charge in [0.25, 0.3) is 10.0 Å². The second-order valence-electron chi connectivity index (χ2n) is 5.43. The Labute approximate surface area is 141 Å². The third kappa shape index (κ3) is 4.90. The van der Waals surface area contributed by atoms with Gasteiger partial charge in [-0.3, -0.25) is 9.48 Å². The highest BCUT2D eigenvalue weighted by atomic mass is 32.2. The molecule has 130 valence electrons. The molecule has 0 spiro atoms. The second kappa shape index (κ2) is 8.07. The van der Waals surface area contributed by atoms with Crippen LogP contribution in [0.5, 0.6) is 0 Å². The summed E-state index contributed by atoms with van der Waals surface area (Å²) in [6.45, 7) is 2.24. The van der Waals surface area contributed by atoms with E-state index in [2.05, 4.69) is 9.82 Å². The van der Waals surface area contributed by atoms with Crippen LogP contribution in [0.1, 0.15) is 25.3 Å². The lowest BCUT2D eigenvalue weighted by Gasteiger charge is -2.18. The summed E-state index contributed by atoms with van der Waals surface area (Å²) in [5.74, 6) is -0.953. The fraction of sp³-hybridized carbons (Fsp3) is 0.375. The van der Waals surface area contributed by atoms with Gasteiger partial charge >= 0.3 is 5.97 Å². The van der Waals surface area contributed by atoms with Crippen molar-refractivity contribution in [2.24, 2.45) is 0 Å². The average Bonchev–Trinajstić information content (AvgIpc) is 3.03. The molecule has 0 fully saturated rings. The maximum Gasteiger partial charge on any atom is 0.303 e. The zero-order valence-corrected chi connectivity index (χ0v) is 14.2. The van der Waals surface area contributed by atoms with E-state index < -0.39 is 22.0 Å². The fourth-order valence-corrected chi connectivity index (χ4v) is 3.92. The lowest BCUT2D eigenvalue weighted by Crippen LogP contribution is -2.37. The first kappa shape index (κ1) is 18.2. The van der Waals surface area contributed by atoms with Crippen LogP contribution in [0.4, 0.5) is 0 Å². The van der Waals surface area contributed by atoms with E-state index in [1.807, 2.05) is 30.3 Å². The van der Waals surface area contributed by atoms with E-state index in [1.54, 1.807) is 6.92 Å². The first-order valence-electron chi connectivity index (χ1n) is 7.72. The summed E-state index contributed by atoms with van der Waals surface area (Å²) >= 11 is 0. The van der Waals surface area contributed by atoms with Crippen molar-refractivity contribution in [2.45, 2.75) is 43.8 Å². The molecule has 0 aliphatic carbocycles. The van der Waals surface area contributed by atoms with Crippen molar-refractivity contribution in [1.82, 2.24) is 14.5 Å². The molecule has 2 N–H and O–H groups in total. The van der Waals surface area contributed by atoms with Gasteiger partial charge in [0.2, 0.25) is 0 Å². The Morgan fingerprint density at radius 2 is 2.00 bits per heavy atom. The highest BCUT2D eigenvalue weighted by Crippen LogP contribution is 2.13. The Bertz CT molecular complexity index is 772. The highest BCUT2D eigenvalue weighted by Gasteiger charge is 2.24. The molecule has 1 atom stereocenters. The predicted molar refractivity (Wildman–Crippen MR) is 89.0 cm³/mol. The summed E-state index contributed by atoms with van der Waals surface area (Å²) in [6.07, 6.45) is 1.96. The quantitative estimate of drug-likeness (QED) is 0.715. The molecule has 0 aliphatic heterocycles. The number of benzene rings is 1. The van der Waals surface area contributed by atoms with Crippen LogP contribution in [0.3, 0.4) is 0 Å². The van der Waals surface area contributed by atoms with Gasteiger partial charge in [-0.2, -0.15) is 5.10 Å². The smallest absolute Gasteiger partial charge is 0.303 e. The summed E-state index contributed by atoms with van der Waals surface area (Å²) < 4.78 is 29.2. The van der Waals surface area contributed by atoms with Crippen LogP contribution in [0, 0.1) is 0 Å². The summed E-state index contributed by atoms with van der Waals surface area (Å²) in [7, 11) is -3.77. The number of aromatic nitrogens is 2. The molecule has 1 aromatic carbocycles. The second-order valence-corrected chi connectivity index (χ2v) is 7.09. The van der Waals surface area contributed by atoms with Crippen molar-refractivity contribution < 1.29 is 18.3 Å². The molecule has 0 aliphatic rings. The largest absolute Gasteiger partial charge is 0.481 e. The lowest BCUT2D eigenvalue weighted by atomic mass is 10.0. The Balaban J connectivity index is 2.18. The standard InChI is InChI=1S/C16H21N3O4S/c1-2-19-15(10-11-17-19)24(22,23)18-14(8-9-16(20)21)12-13-6-4-3-5-7-13/h3-7,10-11,14,18H,2,8-9,12H2,1H3,(H,20,21). The molecule has 7 nitrogen and oxygen atoms in total. The van der Waals surface area contributed by atoms with Gasteiger partial charge in [0.1, 0.15) is 0 Å². The number of hydrogen-bond acceptors (Lipinski definition) is 4. The van der Waals surface area contributed by atoms with Crippen LogP contribution < -0.4 is 4.72 Å². The Morgan fingerprint density at radius 1 is 1.29 bits per heavy atom. The first-order chi connectivity index (χ1) is 11.4. The van der Waals surface area contributed by atoms with E-state index in [-0.39, 0.29) is 17.9 Å². The number of aryl methyl sites for hydroxylation is 1. The van der Waals surface area contributed by atoms with Crippen LogP contribution in [0.25, 0.3) is 0 Å². The van der Waals surface area contributed by atoms with Crippen LogP contribution in [0.15, 0.2) is 47.6 Å². The van der Waals surface area contributed by atoms with Crippen LogP contribution in [0.2, 0.25) is 0 Å². The zero-order valence-electron chi connectivity index (χ0n) is 13.4. The van der Waals surface area contributed by atoms with Crippen LogP contribution in [-0.4, -0.2) is 35.3 Å². The number of carboxylic acid groups (broad SMARTS) is 1. The van der Waals surface area contributed by atoms with E-state index in [0.29, 0.717) is 13.0 Å². The number of sulfonamides is 1. The predicted octanol–water partition coefficient (Wildman–Crippen LogP) is 1.66. The van der Waals surface area contributed by atoms with Crippen LogP contribution in [-0.2, 0) is 27.8 Å². The molecular weight excluding hydrogens is 330 g/mol. The molecule has 2 rings (SSSR count). The monoisotopic (exact) mass is 351 g/mol. The zero-order chi connectivity index (χ0) is 17.6. The van der Waals surface area contributed by atoms with Crippen molar-refractivity contribution in [1.29, 1.82) is 0 Å². The molecule has 8 heteroatoms. The van der Waals surface area contributed by atoms with Gasteiger partial charge in [0.15, 0.2) is 5.03 Å². The molecule has 0 saturated carbocycles. The summed E-state index contributed by atoms with van der Waals surface area (Å²) in [5.41, 5.74) is 0.944. The summed E-state index contributed by atoms with van der Waals surface area (Å²) in [5, 5.41) is 13.0. The highest BCUT2D eigenvalue weighted by molar-refractivity contribution is 7.89. The van der Waals surface area contributed by atoms with Gasteiger partial charge in [-0.05, 0) is 31.4 Å². The minimum atomic E-state index is -3.77. The van der Waals surface area contributed by atoms with Gasteiger partial charge in [0.05, 0.1) is 6.20 Å². The molecule has 1 heterocycles. The summed E-state index contributed by atoms with van der Waals surface area (Å²) in [6, 6.07) is 10.3. The van der Waals surface area contributed by atoms with Crippen molar-refractivity contribution in [3.63, 3.8) is 0 Å². The number of rotatable bonds is 9. The van der Waals surface area contributed by atoms with Gasteiger partial charge < -0.3 is 5.11 Å². The van der Waals surface area contributed by atoms with E-state index in [9.17, 15) is 13.2 Å². The number of carboxylic acids is 1. The molecule has 1 aromatic heterocycles. The van der Waals surface area contributed by atoms with E-state index in [1.165, 1.54) is 16.9 Å². The van der Waals surface area contributed by atoms with Crippen molar-refractivity contribution in [3.8, 4) is 0 Å². The normalized spacial score (nSPS) is 12.9. The molecule has 1 unspecified atom stereocenters. The third-order valence-corrected chi connectivity index (χ3v) is 5.15. The third-order valence-electron chi connectivity index (χ3n) is 3.61. The van der Waals surface area contributed by atoms with Gasteiger partial charge in [-0.1, -0.05) is 30.3 Å². The molecule has 0 saturated heterocycles. The van der Waals surface area contributed by atoms with Gasteiger partial charge in [-0.25, -0.2) is 13.1 Å². The van der Waals surface area contributed by atoms with Crippen molar-refractivity contribution in [2.75, 3.05) is 0 Å². The van der Waals surface area contributed by atoms with Gasteiger partial charge in [-0.15, -0.1) is 0 Å². The maximum atomic E-state index is 12.6. The first-order valence-corrected chi connectivity index (χ1v) is 9.20. The average molecular weight is 351 g/mol. The molecular formula is C16H21N3O4S. The molecule has 2 aromatic rings. The Hall–Kier alpha value is -2.19. The van der Waals surface area contributed by atoms with Crippen molar-refractivity contribution in [3.05, 3.63) is 48.2 Å². The molecule has 0 radical (unpaired) electrons. The van der Waals surface area contributed by atoms with Gasteiger partial charge in [0, 0.05) is 19.0 Å². The number of hydrogen-bond donors (Lipinski definition) is 2. The van der Waals surface area contributed by atoms with E-state index >= 15 is 0 Å². The molecule has 24 heavy (non-hydrogen) atoms. The SMILES string of the molecule is CCn1nccc1S(=O)(=O)NC(CCC(=O)O)Cc1ccccc1. The topological polar surface area (TPSA) is 101 Å². The van der Waals surface area contributed by atoms with E-state index in [4.69, 9.17) is 5.11 Å². The molecule has 0 amide bonds. The number of nitrogens with one attached hydrogen (secondary N) is 1. The number of carbonyl (C=O) groups is 1.